The van der Waals surface area contributed by atoms with Gasteiger partial charge in [-0.2, -0.15) is 0 Å². The van der Waals surface area contributed by atoms with Crippen LogP contribution in [0, 0.1) is 5.92 Å². The number of hydrogen-bond donors (Lipinski definition) is 3. The lowest BCUT2D eigenvalue weighted by molar-refractivity contribution is 0.0465. The lowest BCUT2D eigenvalue weighted by Gasteiger charge is -2.35. The fourth-order valence-electron chi connectivity index (χ4n) is 2.52. The molecule has 0 heterocycles. The lowest BCUT2D eigenvalue weighted by Crippen LogP contribution is -2.37. The fourth-order valence-corrected chi connectivity index (χ4v) is 2.52. The van der Waals surface area contributed by atoms with Gasteiger partial charge in [0.1, 0.15) is 0 Å². The average Bonchev–Trinajstić information content (AvgIpc) is 2.35. The highest BCUT2D eigenvalue weighted by molar-refractivity contribution is 5.96. The molecule has 0 saturated heterocycles. The Morgan fingerprint density at radius 3 is 2.74 bits per heavy atom. The Kier molecular flexibility index (Phi) is 3.95. The second kappa shape index (κ2) is 5.48. The van der Waals surface area contributed by atoms with Gasteiger partial charge in [-0.05, 0) is 37.0 Å². The van der Waals surface area contributed by atoms with Crippen molar-refractivity contribution in [1.82, 2.24) is 5.32 Å². The summed E-state index contributed by atoms with van der Waals surface area (Å²) in [5, 5.41) is 11.9. The van der Waals surface area contributed by atoms with Crippen molar-refractivity contribution < 1.29 is 9.90 Å². The zero-order valence-corrected chi connectivity index (χ0v) is 11.4. The molecule has 1 aromatic rings. The molecule has 0 spiro atoms. The van der Waals surface area contributed by atoms with Crippen molar-refractivity contribution >= 4 is 17.3 Å². The number of anilines is 2. The zero-order chi connectivity index (χ0) is 14.0. The summed E-state index contributed by atoms with van der Waals surface area (Å²) in [4.78, 5) is 13.6. The Labute approximate surface area is 113 Å². The number of nitrogens with zero attached hydrogens (tertiary/aromatic N) is 1. The van der Waals surface area contributed by atoms with Crippen LogP contribution in [-0.2, 0) is 0 Å². The fraction of sp³-hybridized carbons (Fsp3) is 0.500. The highest BCUT2D eigenvalue weighted by atomic mass is 16.3. The van der Waals surface area contributed by atoms with Crippen molar-refractivity contribution in [3.8, 4) is 0 Å². The second-order valence-electron chi connectivity index (χ2n) is 5.22. The van der Waals surface area contributed by atoms with Gasteiger partial charge in [0.2, 0.25) is 0 Å². The molecule has 0 bridgehead atoms. The number of amides is 1. The van der Waals surface area contributed by atoms with E-state index < -0.39 is 0 Å². The summed E-state index contributed by atoms with van der Waals surface area (Å²) in [6.07, 6.45) is 1.59. The van der Waals surface area contributed by atoms with E-state index in [1.807, 2.05) is 13.1 Å². The van der Waals surface area contributed by atoms with E-state index in [4.69, 9.17) is 5.73 Å². The summed E-state index contributed by atoms with van der Waals surface area (Å²) in [5.74, 6) is 0.390. The molecule has 104 valence electrons. The van der Waals surface area contributed by atoms with Crippen molar-refractivity contribution in [2.75, 3.05) is 31.3 Å². The van der Waals surface area contributed by atoms with Crippen LogP contribution in [0.4, 0.5) is 11.4 Å². The summed E-state index contributed by atoms with van der Waals surface area (Å²) in [6, 6.07) is 5.34. The van der Waals surface area contributed by atoms with Crippen LogP contribution in [0.5, 0.6) is 0 Å². The van der Waals surface area contributed by atoms with E-state index in [0.29, 0.717) is 17.2 Å². The second-order valence-corrected chi connectivity index (χ2v) is 5.22. The summed E-state index contributed by atoms with van der Waals surface area (Å²) < 4.78 is 0. The van der Waals surface area contributed by atoms with Crippen LogP contribution in [0.3, 0.4) is 0 Å². The number of rotatable bonds is 4. The Hall–Kier alpha value is -1.75. The molecule has 5 heteroatoms. The molecule has 1 aromatic carbocycles. The molecule has 1 saturated carbocycles. The van der Waals surface area contributed by atoms with Gasteiger partial charge in [0.15, 0.2) is 0 Å². The van der Waals surface area contributed by atoms with Gasteiger partial charge >= 0.3 is 0 Å². The smallest absolute Gasteiger partial charge is 0.251 e. The van der Waals surface area contributed by atoms with Gasteiger partial charge in [0.05, 0.1) is 17.5 Å². The maximum atomic E-state index is 11.5. The van der Waals surface area contributed by atoms with Gasteiger partial charge in [-0.15, -0.1) is 0 Å². The molecule has 5 nitrogen and oxygen atoms in total. The summed E-state index contributed by atoms with van der Waals surface area (Å²) >= 11 is 0. The van der Waals surface area contributed by atoms with Gasteiger partial charge in [-0.25, -0.2) is 0 Å². The van der Waals surface area contributed by atoms with E-state index in [1.54, 1.807) is 19.2 Å². The molecule has 0 aromatic heterocycles. The van der Waals surface area contributed by atoms with Crippen molar-refractivity contribution in [1.29, 1.82) is 0 Å². The average molecular weight is 263 g/mol. The van der Waals surface area contributed by atoms with Crippen LogP contribution >= 0.6 is 0 Å². The van der Waals surface area contributed by atoms with E-state index in [0.717, 1.165) is 25.1 Å². The van der Waals surface area contributed by atoms with Gasteiger partial charge in [0.25, 0.3) is 5.91 Å². The SMILES string of the molecule is CNC(=O)c1ccc(N(C)CC2CC(O)C2)c(N)c1. The molecule has 4 N–H and O–H groups in total. The minimum Gasteiger partial charge on any atom is -0.397 e. The van der Waals surface area contributed by atoms with Crippen molar-refractivity contribution in [2.45, 2.75) is 18.9 Å². The molecule has 1 fully saturated rings. The number of carbonyl (C=O) groups is 1. The van der Waals surface area contributed by atoms with E-state index in [-0.39, 0.29) is 12.0 Å². The first-order valence-electron chi connectivity index (χ1n) is 6.52. The molecule has 0 unspecified atom stereocenters. The molecule has 1 amide bonds. The van der Waals surface area contributed by atoms with Crippen LogP contribution in [0.25, 0.3) is 0 Å². The van der Waals surface area contributed by atoms with Crippen molar-refractivity contribution in [3.63, 3.8) is 0 Å². The van der Waals surface area contributed by atoms with Gasteiger partial charge < -0.3 is 21.1 Å². The van der Waals surface area contributed by atoms with Gasteiger partial charge in [0, 0.05) is 26.2 Å². The van der Waals surface area contributed by atoms with E-state index >= 15 is 0 Å². The van der Waals surface area contributed by atoms with Crippen LogP contribution in [-0.4, -0.2) is 37.8 Å². The Balaban J connectivity index is 2.05. The molecule has 2 rings (SSSR count). The predicted octanol–water partition coefficient (Wildman–Crippen LogP) is 0.836. The molecule has 1 aliphatic carbocycles. The zero-order valence-electron chi connectivity index (χ0n) is 11.4. The van der Waals surface area contributed by atoms with Gasteiger partial charge in [-0.1, -0.05) is 0 Å². The van der Waals surface area contributed by atoms with Gasteiger partial charge in [-0.3, -0.25) is 4.79 Å². The Morgan fingerprint density at radius 2 is 2.21 bits per heavy atom. The number of aliphatic hydroxyl groups excluding tert-OH is 1. The number of nitrogens with one attached hydrogen (secondary N) is 1. The third-order valence-electron chi connectivity index (χ3n) is 3.67. The first-order valence-corrected chi connectivity index (χ1v) is 6.52. The Bertz CT molecular complexity index is 470. The number of aliphatic hydroxyl groups is 1. The highest BCUT2D eigenvalue weighted by Crippen LogP contribution is 2.31. The minimum absolute atomic E-state index is 0.133. The summed E-state index contributed by atoms with van der Waals surface area (Å²) in [5.41, 5.74) is 8.10. The van der Waals surface area contributed by atoms with Crippen molar-refractivity contribution in [2.24, 2.45) is 5.92 Å². The van der Waals surface area contributed by atoms with E-state index in [9.17, 15) is 9.90 Å². The van der Waals surface area contributed by atoms with Crippen LogP contribution in [0.1, 0.15) is 23.2 Å². The normalized spacial score (nSPS) is 21.6. The third-order valence-corrected chi connectivity index (χ3v) is 3.67. The number of carbonyl (C=O) groups excluding carboxylic acids is 1. The topological polar surface area (TPSA) is 78.6 Å². The van der Waals surface area contributed by atoms with E-state index in [1.165, 1.54) is 0 Å². The van der Waals surface area contributed by atoms with Crippen LogP contribution < -0.4 is 16.0 Å². The molecular weight excluding hydrogens is 242 g/mol. The lowest BCUT2D eigenvalue weighted by atomic mass is 9.82. The molecule has 0 atom stereocenters. The number of nitrogen functional groups attached to an aromatic ring is 1. The maximum absolute atomic E-state index is 11.5. The molecule has 0 aliphatic heterocycles. The Morgan fingerprint density at radius 1 is 1.53 bits per heavy atom. The summed E-state index contributed by atoms with van der Waals surface area (Å²) in [6.45, 7) is 0.876. The van der Waals surface area contributed by atoms with E-state index in [2.05, 4.69) is 10.2 Å². The van der Waals surface area contributed by atoms with Crippen LogP contribution in [0.15, 0.2) is 18.2 Å². The number of hydrogen-bond acceptors (Lipinski definition) is 4. The quantitative estimate of drug-likeness (QED) is 0.703. The number of nitrogens with two attached hydrogens (primary N) is 1. The summed E-state index contributed by atoms with van der Waals surface area (Å²) in [7, 11) is 3.58. The molecule has 1 aliphatic rings. The van der Waals surface area contributed by atoms with Crippen LogP contribution in [0.2, 0.25) is 0 Å². The standard InChI is InChI=1S/C14H21N3O2/c1-16-14(19)10-3-4-13(12(15)7-10)17(2)8-9-5-11(18)6-9/h3-4,7,9,11,18H,5-6,8,15H2,1-2H3,(H,16,19). The molecular formula is C14H21N3O2. The predicted molar refractivity (Wildman–Crippen MR) is 76.2 cm³/mol. The largest absolute Gasteiger partial charge is 0.397 e. The minimum atomic E-state index is -0.136. The maximum Gasteiger partial charge on any atom is 0.251 e. The van der Waals surface area contributed by atoms with Crippen molar-refractivity contribution in [3.05, 3.63) is 23.8 Å². The first-order chi connectivity index (χ1) is 9.01. The number of benzene rings is 1. The first kappa shape index (κ1) is 13.7. The molecule has 19 heavy (non-hydrogen) atoms. The highest BCUT2D eigenvalue weighted by Gasteiger charge is 2.28. The third kappa shape index (κ3) is 2.98. The monoisotopic (exact) mass is 263 g/mol. The molecule has 0 radical (unpaired) electrons.